The molecule has 2 amide bonds. The van der Waals surface area contributed by atoms with Crippen molar-refractivity contribution in [3.8, 4) is 0 Å². The second kappa shape index (κ2) is 16.1. The Morgan fingerprint density at radius 2 is 1.31 bits per heavy atom. The largest absolute Gasteiger partial charge is 0.448 e. The van der Waals surface area contributed by atoms with Crippen molar-refractivity contribution >= 4 is 47.9 Å². The van der Waals surface area contributed by atoms with Crippen molar-refractivity contribution in [2.75, 3.05) is 5.75 Å². The number of nitrogens with one attached hydrogen (secondary N) is 1. The fourth-order valence-corrected chi connectivity index (χ4v) is 9.61. The molecule has 0 aliphatic carbocycles. The Bertz CT molecular complexity index is 2200. The summed E-state index contributed by atoms with van der Waals surface area (Å²) in [6.07, 6.45) is 5.64. The normalized spacial score (nSPS) is 16.8. The minimum Gasteiger partial charge on any atom is -0.448 e. The van der Waals surface area contributed by atoms with E-state index < -0.39 is 29.0 Å². The van der Waals surface area contributed by atoms with Gasteiger partial charge in [0.1, 0.15) is 22.7 Å². The van der Waals surface area contributed by atoms with Crippen LogP contribution in [0.5, 0.6) is 0 Å². The Morgan fingerprint density at radius 3 is 1.82 bits per heavy atom. The molecule has 1 saturated heterocycles. The molecule has 2 atom stereocenters. The summed E-state index contributed by atoms with van der Waals surface area (Å²) in [5.41, 5.74) is 5.10. The molecule has 6 aromatic rings. The lowest BCUT2D eigenvalue weighted by Gasteiger charge is -2.49. The van der Waals surface area contributed by atoms with Gasteiger partial charge in [0.2, 0.25) is 6.41 Å². The van der Waals surface area contributed by atoms with Crippen LogP contribution in [0.4, 0.5) is 0 Å². The predicted molar refractivity (Wildman–Crippen MR) is 217 cm³/mol. The fourth-order valence-electron chi connectivity index (χ4n) is 7.25. The maximum atomic E-state index is 14.3. The van der Waals surface area contributed by atoms with Gasteiger partial charge in [0.05, 0.1) is 6.20 Å². The quantitative estimate of drug-likeness (QED) is 0.0552. The summed E-state index contributed by atoms with van der Waals surface area (Å²) < 4.78 is 8.29. The zero-order valence-corrected chi connectivity index (χ0v) is 31.2. The van der Waals surface area contributed by atoms with E-state index >= 15 is 0 Å². The first-order valence-electron chi connectivity index (χ1n) is 17.8. The van der Waals surface area contributed by atoms with E-state index in [9.17, 15) is 14.4 Å². The van der Waals surface area contributed by atoms with Crippen molar-refractivity contribution in [3.05, 3.63) is 213 Å². The molecule has 55 heavy (non-hydrogen) atoms. The van der Waals surface area contributed by atoms with E-state index in [2.05, 4.69) is 41.7 Å². The molecule has 2 aliphatic heterocycles. The highest BCUT2D eigenvalue weighted by molar-refractivity contribution is 8.08. The van der Waals surface area contributed by atoms with Crippen LogP contribution < -0.4 is 5.32 Å². The third-order valence-corrected chi connectivity index (χ3v) is 12.2. The molecule has 1 aromatic heterocycles. The number of carbonyl (C=O) groups excluding carboxylic acids is 3. The zero-order valence-electron chi connectivity index (χ0n) is 29.6. The highest BCUT2D eigenvalue weighted by Crippen LogP contribution is 2.45. The monoisotopic (exact) mass is 760 g/mol. The van der Waals surface area contributed by atoms with Gasteiger partial charge in [-0.2, -0.15) is 5.10 Å². The summed E-state index contributed by atoms with van der Waals surface area (Å²) in [6, 6.07) is 49.4. The third kappa shape index (κ3) is 6.90. The predicted octanol–water partition coefficient (Wildman–Crippen LogP) is 8.00. The lowest BCUT2D eigenvalue weighted by molar-refractivity contribution is -0.154. The van der Waals surface area contributed by atoms with Crippen LogP contribution in [-0.4, -0.2) is 50.1 Å². The van der Waals surface area contributed by atoms with Crippen molar-refractivity contribution < 1.29 is 19.1 Å². The summed E-state index contributed by atoms with van der Waals surface area (Å²) in [5, 5.41) is 9.07. The minimum absolute atomic E-state index is 0.191. The van der Waals surface area contributed by atoms with Crippen molar-refractivity contribution in [3.63, 3.8) is 0 Å². The lowest BCUT2D eigenvalue weighted by Crippen LogP contribution is -2.69. The van der Waals surface area contributed by atoms with Crippen molar-refractivity contribution in [2.24, 2.45) is 0 Å². The molecular formula is C45H36N4O4S2. The van der Waals surface area contributed by atoms with E-state index in [1.807, 2.05) is 144 Å². The van der Waals surface area contributed by atoms with Gasteiger partial charge in [-0.05, 0) is 39.3 Å². The highest BCUT2D eigenvalue weighted by Gasteiger charge is 2.54. The molecule has 5 aromatic carbocycles. The van der Waals surface area contributed by atoms with E-state index in [0.717, 1.165) is 33.4 Å². The van der Waals surface area contributed by atoms with Gasteiger partial charge in [0.15, 0.2) is 6.10 Å². The molecule has 1 fully saturated rings. The molecule has 1 N–H and O–H groups in total. The number of amides is 2. The number of benzene rings is 5. The van der Waals surface area contributed by atoms with Crippen molar-refractivity contribution in [2.45, 2.75) is 23.1 Å². The van der Waals surface area contributed by atoms with Crippen LogP contribution in [0, 0.1) is 0 Å². The summed E-state index contributed by atoms with van der Waals surface area (Å²) in [7, 11) is 0. The summed E-state index contributed by atoms with van der Waals surface area (Å²) in [6.45, 7) is 0. The van der Waals surface area contributed by atoms with Crippen LogP contribution in [0.1, 0.15) is 39.5 Å². The third-order valence-electron chi connectivity index (χ3n) is 9.80. The van der Waals surface area contributed by atoms with Crippen molar-refractivity contribution in [1.82, 2.24) is 20.0 Å². The van der Waals surface area contributed by atoms with E-state index in [1.54, 1.807) is 0 Å². The molecule has 3 heterocycles. The summed E-state index contributed by atoms with van der Waals surface area (Å²) in [5.74, 6) is -0.511. The average Bonchev–Trinajstić information content (AvgIpc) is 3.72. The number of hydrogen-bond acceptors (Lipinski definition) is 7. The number of ether oxygens (including phenoxy) is 1. The number of carbonyl (C=O) groups is 3. The molecular weight excluding hydrogens is 725 g/mol. The Labute approximate surface area is 327 Å². The summed E-state index contributed by atoms with van der Waals surface area (Å²) >= 11 is 2.87. The Balaban J connectivity index is 1.14. The minimum atomic E-state index is -0.754. The summed E-state index contributed by atoms with van der Waals surface area (Å²) in [4.78, 5) is 41.2. The second-order valence-electron chi connectivity index (χ2n) is 13.0. The first kappa shape index (κ1) is 35.9. The smallest absolute Gasteiger partial charge is 0.356 e. The molecule has 2 aliphatic rings. The SMILES string of the molecule is O=CN[C@@H]1C(=O)N2C(C(=O)OC(c3ccccc3)c3ccccc3)=C(S/C=C/c3cnn(C(c4ccccc4)(c4ccccc4)c4ccccc4)c3)CS[C@H]12. The van der Waals surface area contributed by atoms with Crippen LogP contribution in [0.15, 0.2) is 180 Å². The van der Waals surface area contributed by atoms with Gasteiger partial charge in [-0.1, -0.05) is 163 Å². The Hall–Kier alpha value is -6.10. The molecule has 272 valence electrons. The molecule has 0 radical (unpaired) electrons. The standard InChI is InChI=1S/C45H36N4O4S2/c50-31-46-39-42(51)49-40(44(52)53-41(33-16-6-1-7-17-33)34-18-8-2-9-19-34)38(30-55-43(39)49)54-27-26-32-28-47-48(29-32)45(35-20-10-3-11-21-35,36-22-12-4-13-23-36)37-24-14-5-15-25-37/h1-29,31,39,41,43H,30H2,(H,46,50)/b27-26+/t39-,43-/m1/s1. The van der Waals surface area contributed by atoms with E-state index in [-0.39, 0.29) is 11.6 Å². The maximum Gasteiger partial charge on any atom is 0.356 e. The van der Waals surface area contributed by atoms with Crippen LogP contribution in [-0.2, 0) is 24.7 Å². The van der Waals surface area contributed by atoms with E-state index in [0.29, 0.717) is 17.1 Å². The Kier molecular flexibility index (Phi) is 10.5. The van der Waals surface area contributed by atoms with Crippen LogP contribution in [0.3, 0.4) is 0 Å². The number of rotatable bonds is 13. The lowest BCUT2D eigenvalue weighted by atomic mass is 9.77. The number of nitrogens with zero attached hydrogens (tertiary/aromatic N) is 3. The molecule has 0 saturated carbocycles. The first-order chi connectivity index (χ1) is 27.1. The second-order valence-corrected chi connectivity index (χ2v) is 15.1. The van der Waals surface area contributed by atoms with Gasteiger partial charge in [-0.15, -0.1) is 11.8 Å². The number of fused-ring (bicyclic) bond motifs is 1. The number of β-lactam (4-membered cyclic amide) rings is 1. The number of aromatic nitrogens is 2. The van der Waals surface area contributed by atoms with Gasteiger partial charge in [0.25, 0.3) is 5.91 Å². The van der Waals surface area contributed by atoms with Crippen LogP contribution in [0.2, 0.25) is 0 Å². The zero-order chi connectivity index (χ0) is 37.6. The van der Waals surface area contributed by atoms with E-state index in [1.165, 1.54) is 28.4 Å². The van der Waals surface area contributed by atoms with Crippen LogP contribution >= 0.6 is 23.5 Å². The average molecular weight is 761 g/mol. The van der Waals surface area contributed by atoms with Gasteiger partial charge >= 0.3 is 5.97 Å². The van der Waals surface area contributed by atoms with E-state index in [4.69, 9.17) is 9.84 Å². The number of hydrogen-bond donors (Lipinski definition) is 1. The topological polar surface area (TPSA) is 93.5 Å². The van der Waals surface area contributed by atoms with Crippen LogP contribution in [0.25, 0.3) is 6.08 Å². The van der Waals surface area contributed by atoms with Gasteiger partial charge in [-0.25, -0.2) is 4.79 Å². The highest BCUT2D eigenvalue weighted by atomic mass is 32.2. The van der Waals surface area contributed by atoms with Gasteiger partial charge in [-0.3, -0.25) is 19.2 Å². The van der Waals surface area contributed by atoms with Gasteiger partial charge < -0.3 is 10.1 Å². The molecule has 10 heteroatoms. The fraction of sp³-hybridized carbons (Fsp3) is 0.111. The molecule has 8 rings (SSSR count). The van der Waals surface area contributed by atoms with Gasteiger partial charge in [0, 0.05) is 22.4 Å². The number of thioether (sulfide) groups is 2. The maximum absolute atomic E-state index is 14.3. The van der Waals surface area contributed by atoms with Crippen molar-refractivity contribution in [1.29, 1.82) is 0 Å². The Morgan fingerprint density at radius 1 is 0.800 bits per heavy atom. The molecule has 0 bridgehead atoms. The molecule has 0 spiro atoms. The molecule has 8 nitrogen and oxygen atoms in total. The first-order valence-corrected chi connectivity index (χ1v) is 19.8. The molecule has 0 unspecified atom stereocenters. The number of esters is 1.